The molecule has 0 unspecified atom stereocenters. The second-order valence-electron chi connectivity index (χ2n) is 5.34. The summed E-state index contributed by atoms with van der Waals surface area (Å²) >= 11 is 0. The molecule has 0 aliphatic carbocycles. The summed E-state index contributed by atoms with van der Waals surface area (Å²) < 4.78 is 10.8. The number of methoxy groups -OCH3 is 1. The smallest absolute Gasteiger partial charge is 0.317 e. The van der Waals surface area contributed by atoms with Crippen molar-refractivity contribution >= 4 is 6.03 Å². The summed E-state index contributed by atoms with van der Waals surface area (Å²) in [5, 5.41) is 2.90. The first-order valence-electron chi connectivity index (χ1n) is 7.47. The van der Waals surface area contributed by atoms with E-state index in [2.05, 4.69) is 10.3 Å². The molecule has 6 nitrogen and oxygen atoms in total. The van der Waals surface area contributed by atoms with Crippen molar-refractivity contribution in [1.82, 2.24) is 15.2 Å². The Kier molecular flexibility index (Phi) is 4.61. The van der Waals surface area contributed by atoms with E-state index in [1.54, 1.807) is 24.4 Å². The van der Waals surface area contributed by atoms with E-state index in [9.17, 15) is 4.79 Å². The number of hydrogen-bond acceptors (Lipinski definition) is 4. The van der Waals surface area contributed by atoms with Crippen LogP contribution in [-0.4, -0.2) is 42.2 Å². The number of carbonyl (C=O) groups is 1. The van der Waals surface area contributed by atoms with Crippen LogP contribution in [-0.2, 0) is 6.54 Å². The van der Waals surface area contributed by atoms with Crippen LogP contribution in [0.5, 0.6) is 11.5 Å². The summed E-state index contributed by atoms with van der Waals surface area (Å²) in [6, 6.07) is 11.2. The molecule has 6 heteroatoms. The molecule has 3 rings (SSSR count). The van der Waals surface area contributed by atoms with Gasteiger partial charge in [-0.05, 0) is 29.8 Å². The minimum absolute atomic E-state index is 0.0333. The summed E-state index contributed by atoms with van der Waals surface area (Å²) in [7, 11) is 1.63. The van der Waals surface area contributed by atoms with Gasteiger partial charge in [0.2, 0.25) is 0 Å². The highest BCUT2D eigenvalue weighted by atomic mass is 16.5. The molecule has 0 saturated carbocycles. The van der Waals surface area contributed by atoms with Crippen LogP contribution in [0.2, 0.25) is 0 Å². The van der Waals surface area contributed by atoms with Crippen LogP contribution in [0.4, 0.5) is 4.79 Å². The molecular weight excluding hydrogens is 294 g/mol. The normalized spacial score (nSPS) is 14.0. The standard InChI is InChI=1S/C17H19N3O3/c1-22-14-6-4-13(5-7-14)9-19-17(21)20-11-16(12-20)23-15-3-2-8-18-10-15/h2-8,10,16H,9,11-12H2,1H3,(H,19,21). The van der Waals surface area contributed by atoms with E-state index in [1.165, 1.54) is 0 Å². The summed E-state index contributed by atoms with van der Waals surface area (Å²) in [6.07, 6.45) is 3.41. The number of amides is 2. The predicted molar refractivity (Wildman–Crippen MR) is 85.5 cm³/mol. The van der Waals surface area contributed by atoms with E-state index in [4.69, 9.17) is 9.47 Å². The van der Waals surface area contributed by atoms with Gasteiger partial charge in [-0.3, -0.25) is 4.98 Å². The Bertz CT molecular complexity index is 640. The number of pyridine rings is 1. The number of urea groups is 1. The van der Waals surface area contributed by atoms with Gasteiger partial charge in [0.25, 0.3) is 0 Å². The topological polar surface area (TPSA) is 63.7 Å². The maximum atomic E-state index is 12.0. The molecule has 2 heterocycles. The molecule has 120 valence electrons. The van der Waals surface area contributed by atoms with Crippen LogP contribution in [0.1, 0.15) is 5.56 Å². The van der Waals surface area contributed by atoms with Crippen LogP contribution >= 0.6 is 0 Å². The summed E-state index contributed by atoms with van der Waals surface area (Å²) in [5.74, 6) is 1.54. The lowest BCUT2D eigenvalue weighted by molar-refractivity contribution is 0.0441. The van der Waals surface area contributed by atoms with E-state index in [1.807, 2.05) is 36.4 Å². The van der Waals surface area contributed by atoms with Gasteiger partial charge in [-0.2, -0.15) is 0 Å². The SMILES string of the molecule is COc1ccc(CNC(=O)N2CC(Oc3cccnc3)C2)cc1. The minimum atomic E-state index is -0.0770. The lowest BCUT2D eigenvalue weighted by Crippen LogP contribution is -2.58. The van der Waals surface area contributed by atoms with E-state index in [-0.39, 0.29) is 12.1 Å². The van der Waals surface area contributed by atoms with Crippen molar-refractivity contribution in [3.8, 4) is 11.5 Å². The van der Waals surface area contributed by atoms with Crippen LogP contribution in [0, 0.1) is 0 Å². The first-order valence-corrected chi connectivity index (χ1v) is 7.47. The fraction of sp³-hybridized carbons (Fsp3) is 0.294. The Morgan fingerprint density at radius 1 is 1.26 bits per heavy atom. The second-order valence-corrected chi connectivity index (χ2v) is 5.34. The summed E-state index contributed by atoms with van der Waals surface area (Å²) in [4.78, 5) is 17.8. The van der Waals surface area contributed by atoms with Gasteiger partial charge in [0.05, 0.1) is 26.4 Å². The second kappa shape index (κ2) is 7.00. The lowest BCUT2D eigenvalue weighted by Gasteiger charge is -2.38. The average molecular weight is 313 g/mol. The largest absolute Gasteiger partial charge is 0.497 e. The molecule has 0 radical (unpaired) electrons. The van der Waals surface area contributed by atoms with Gasteiger partial charge in [-0.25, -0.2) is 4.79 Å². The number of ether oxygens (including phenoxy) is 2. The van der Waals surface area contributed by atoms with Crippen LogP contribution in [0.25, 0.3) is 0 Å². The van der Waals surface area contributed by atoms with Crippen molar-refractivity contribution in [2.45, 2.75) is 12.6 Å². The van der Waals surface area contributed by atoms with Crippen molar-refractivity contribution < 1.29 is 14.3 Å². The Labute approximate surface area is 135 Å². The van der Waals surface area contributed by atoms with Crippen molar-refractivity contribution in [2.24, 2.45) is 0 Å². The van der Waals surface area contributed by atoms with Crippen molar-refractivity contribution in [3.05, 3.63) is 54.4 Å². The third kappa shape index (κ3) is 3.91. The van der Waals surface area contributed by atoms with Gasteiger partial charge in [-0.1, -0.05) is 12.1 Å². The Morgan fingerprint density at radius 2 is 2.04 bits per heavy atom. The van der Waals surface area contributed by atoms with E-state index >= 15 is 0 Å². The van der Waals surface area contributed by atoms with Crippen molar-refractivity contribution in [3.63, 3.8) is 0 Å². The zero-order chi connectivity index (χ0) is 16.1. The third-order valence-corrected chi connectivity index (χ3v) is 3.68. The Morgan fingerprint density at radius 3 is 2.70 bits per heavy atom. The fourth-order valence-corrected chi connectivity index (χ4v) is 2.32. The number of nitrogens with zero attached hydrogens (tertiary/aromatic N) is 2. The van der Waals surface area contributed by atoms with Crippen LogP contribution < -0.4 is 14.8 Å². The fourth-order valence-electron chi connectivity index (χ4n) is 2.32. The van der Waals surface area contributed by atoms with Gasteiger partial charge in [-0.15, -0.1) is 0 Å². The summed E-state index contributed by atoms with van der Waals surface area (Å²) in [6.45, 7) is 1.67. The molecule has 1 aromatic heterocycles. The third-order valence-electron chi connectivity index (χ3n) is 3.68. The Hall–Kier alpha value is -2.76. The first-order chi connectivity index (χ1) is 11.2. The lowest BCUT2D eigenvalue weighted by atomic mass is 10.2. The van der Waals surface area contributed by atoms with Gasteiger partial charge in [0, 0.05) is 12.7 Å². The molecule has 0 bridgehead atoms. The highest BCUT2D eigenvalue weighted by Gasteiger charge is 2.32. The number of hydrogen-bond donors (Lipinski definition) is 1. The molecule has 1 N–H and O–H groups in total. The van der Waals surface area contributed by atoms with Crippen molar-refractivity contribution in [2.75, 3.05) is 20.2 Å². The number of likely N-dealkylation sites (tertiary alicyclic amines) is 1. The molecule has 1 aromatic carbocycles. The first kappa shape index (κ1) is 15.1. The van der Waals surface area contributed by atoms with E-state index < -0.39 is 0 Å². The molecule has 1 aliphatic heterocycles. The number of carbonyl (C=O) groups excluding carboxylic acids is 1. The quantitative estimate of drug-likeness (QED) is 0.918. The molecule has 0 spiro atoms. The highest BCUT2D eigenvalue weighted by molar-refractivity contribution is 5.75. The van der Waals surface area contributed by atoms with E-state index in [0.29, 0.717) is 19.6 Å². The minimum Gasteiger partial charge on any atom is -0.497 e. The van der Waals surface area contributed by atoms with Gasteiger partial charge >= 0.3 is 6.03 Å². The van der Waals surface area contributed by atoms with Crippen LogP contribution in [0.3, 0.4) is 0 Å². The number of nitrogens with one attached hydrogen (secondary N) is 1. The number of rotatable bonds is 5. The monoisotopic (exact) mass is 313 g/mol. The highest BCUT2D eigenvalue weighted by Crippen LogP contribution is 2.17. The zero-order valence-electron chi connectivity index (χ0n) is 12.9. The molecule has 23 heavy (non-hydrogen) atoms. The molecular formula is C17H19N3O3. The molecule has 2 amide bonds. The van der Waals surface area contributed by atoms with Crippen molar-refractivity contribution in [1.29, 1.82) is 0 Å². The van der Waals surface area contributed by atoms with E-state index in [0.717, 1.165) is 17.1 Å². The maximum absolute atomic E-state index is 12.0. The number of aromatic nitrogens is 1. The molecule has 0 atom stereocenters. The summed E-state index contributed by atoms with van der Waals surface area (Å²) in [5.41, 5.74) is 1.03. The average Bonchev–Trinajstić information content (AvgIpc) is 2.57. The zero-order valence-corrected chi connectivity index (χ0v) is 12.9. The van der Waals surface area contributed by atoms with Gasteiger partial charge < -0.3 is 19.7 Å². The van der Waals surface area contributed by atoms with Gasteiger partial charge in [0.15, 0.2) is 0 Å². The van der Waals surface area contributed by atoms with Crippen LogP contribution in [0.15, 0.2) is 48.8 Å². The predicted octanol–water partition coefficient (Wildman–Crippen LogP) is 2.06. The maximum Gasteiger partial charge on any atom is 0.317 e. The molecule has 1 aliphatic rings. The molecule has 2 aromatic rings. The van der Waals surface area contributed by atoms with Gasteiger partial charge in [0.1, 0.15) is 17.6 Å². The molecule has 1 saturated heterocycles. The number of benzene rings is 1. The Balaban J connectivity index is 1.40. The molecule has 1 fully saturated rings.